The molecular weight excluding hydrogens is 250 g/mol. The summed E-state index contributed by atoms with van der Waals surface area (Å²) in [5.74, 6) is 2.33. The number of benzene rings is 1. The van der Waals surface area contributed by atoms with Gasteiger partial charge in [0.15, 0.2) is 0 Å². The molecule has 0 aromatic heterocycles. The summed E-state index contributed by atoms with van der Waals surface area (Å²) in [7, 11) is 3.40. The molecular formula is C17H29NO2. The van der Waals surface area contributed by atoms with Gasteiger partial charge in [-0.25, -0.2) is 0 Å². The first-order valence-electron chi connectivity index (χ1n) is 7.66. The van der Waals surface area contributed by atoms with E-state index in [4.69, 9.17) is 9.47 Å². The Balaban J connectivity index is 3.10. The number of methoxy groups -OCH3 is 2. The van der Waals surface area contributed by atoms with Crippen LogP contribution in [0.5, 0.6) is 11.5 Å². The van der Waals surface area contributed by atoms with Gasteiger partial charge in [0.05, 0.1) is 14.2 Å². The van der Waals surface area contributed by atoms with Gasteiger partial charge in [-0.3, -0.25) is 0 Å². The van der Waals surface area contributed by atoms with E-state index in [1.165, 1.54) is 5.56 Å². The van der Waals surface area contributed by atoms with Gasteiger partial charge in [0, 0.05) is 12.1 Å². The van der Waals surface area contributed by atoms with Crippen molar-refractivity contribution in [2.24, 2.45) is 5.92 Å². The van der Waals surface area contributed by atoms with Crippen LogP contribution >= 0.6 is 0 Å². The summed E-state index contributed by atoms with van der Waals surface area (Å²) in [5.41, 5.74) is 1.25. The zero-order chi connectivity index (χ0) is 15.0. The van der Waals surface area contributed by atoms with Crippen LogP contribution in [0.25, 0.3) is 0 Å². The minimum atomic E-state index is 0.356. The first-order valence-corrected chi connectivity index (χ1v) is 7.66. The van der Waals surface area contributed by atoms with Crippen molar-refractivity contribution in [2.45, 2.75) is 46.1 Å². The van der Waals surface area contributed by atoms with Crippen LogP contribution in [-0.4, -0.2) is 20.8 Å². The molecule has 114 valence electrons. The molecule has 1 atom stereocenters. The quantitative estimate of drug-likeness (QED) is 0.735. The van der Waals surface area contributed by atoms with Crippen molar-refractivity contribution >= 4 is 0 Å². The minimum Gasteiger partial charge on any atom is -0.497 e. The third-order valence-corrected chi connectivity index (χ3v) is 3.87. The number of hydrogen-bond acceptors (Lipinski definition) is 3. The second-order valence-electron chi connectivity index (χ2n) is 5.15. The molecule has 0 fully saturated rings. The molecule has 0 saturated carbocycles. The molecule has 0 radical (unpaired) electrons. The van der Waals surface area contributed by atoms with Crippen molar-refractivity contribution < 1.29 is 9.47 Å². The number of rotatable bonds is 9. The first kappa shape index (κ1) is 16.8. The number of nitrogens with one attached hydrogen (secondary N) is 1. The molecule has 3 heteroatoms. The number of hydrogen-bond donors (Lipinski definition) is 1. The summed E-state index contributed by atoms with van der Waals surface area (Å²) >= 11 is 0. The van der Waals surface area contributed by atoms with Crippen molar-refractivity contribution in [3.8, 4) is 11.5 Å². The van der Waals surface area contributed by atoms with Crippen LogP contribution in [0.2, 0.25) is 0 Å². The summed E-state index contributed by atoms with van der Waals surface area (Å²) < 4.78 is 10.8. The molecule has 0 aliphatic rings. The van der Waals surface area contributed by atoms with E-state index in [2.05, 4.69) is 38.2 Å². The minimum absolute atomic E-state index is 0.356. The Hall–Kier alpha value is -1.22. The van der Waals surface area contributed by atoms with Gasteiger partial charge < -0.3 is 14.8 Å². The zero-order valence-corrected chi connectivity index (χ0v) is 13.5. The van der Waals surface area contributed by atoms with E-state index >= 15 is 0 Å². The number of ether oxygens (including phenoxy) is 2. The van der Waals surface area contributed by atoms with Crippen molar-refractivity contribution in [1.29, 1.82) is 0 Å². The van der Waals surface area contributed by atoms with Crippen LogP contribution in [0.15, 0.2) is 18.2 Å². The summed E-state index contributed by atoms with van der Waals surface area (Å²) in [6.07, 6.45) is 3.46. The highest BCUT2D eigenvalue weighted by molar-refractivity contribution is 5.40. The largest absolute Gasteiger partial charge is 0.497 e. The van der Waals surface area contributed by atoms with E-state index in [0.29, 0.717) is 12.0 Å². The molecule has 0 aliphatic carbocycles. The Morgan fingerprint density at radius 3 is 1.90 bits per heavy atom. The van der Waals surface area contributed by atoms with Crippen LogP contribution in [-0.2, 0) is 0 Å². The van der Waals surface area contributed by atoms with Crippen LogP contribution < -0.4 is 14.8 Å². The summed E-state index contributed by atoms with van der Waals surface area (Å²) in [6.45, 7) is 7.74. The Kier molecular flexibility index (Phi) is 7.45. The van der Waals surface area contributed by atoms with E-state index in [1.54, 1.807) is 14.2 Å². The van der Waals surface area contributed by atoms with Crippen LogP contribution in [0.3, 0.4) is 0 Å². The standard InChI is InChI=1S/C17H29NO2/c1-6-9-18-17(13(7-2)8-3)14-10-15(19-4)12-16(11-14)20-5/h10-13,17-18H,6-9H2,1-5H3. The highest BCUT2D eigenvalue weighted by atomic mass is 16.5. The lowest BCUT2D eigenvalue weighted by Crippen LogP contribution is -2.28. The molecule has 1 aromatic carbocycles. The molecule has 0 amide bonds. The Bertz CT molecular complexity index is 366. The van der Waals surface area contributed by atoms with Crippen LogP contribution in [0, 0.1) is 5.92 Å². The maximum atomic E-state index is 5.39. The van der Waals surface area contributed by atoms with Crippen molar-refractivity contribution in [2.75, 3.05) is 20.8 Å². The van der Waals surface area contributed by atoms with Gasteiger partial charge in [0.1, 0.15) is 11.5 Å². The average Bonchev–Trinajstić information content (AvgIpc) is 2.50. The topological polar surface area (TPSA) is 30.5 Å². The van der Waals surface area contributed by atoms with Gasteiger partial charge in [-0.15, -0.1) is 0 Å². The molecule has 3 nitrogen and oxygen atoms in total. The lowest BCUT2D eigenvalue weighted by molar-refractivity contribution is 0.337. The SMILES string of the molecule is CCCNC(c1cc(OC)cc(OC)c1)C(CC)CC. The van der Waals surface area contributed by atoms with Gasteiger partial charge in [-0.2, -0.15) is 0 Å². The second kappa shape index (κ2) is 8.85. The Morgan fingerprint density at radius 1 is 0.950 bits per heavy atom. The van der Waals surface area contributed by atoms with E-state index in [9.17, 15) is 0 Å². The molecule has 1 unspecified atom stereocenters. The predicted octanol–water partition coefficient (Wildman–Crippen LogP) is 4.18. The Labute approximate surface area is 123 Å². The van der Waals surface area contributed by atoms with Crippen molar-refractivity contribution in [3.63, 3.8) is 0 Å². The van der Waals surface area contributed by atoms with E-state index in [1.807, 2.05) is 6.07 Å². The highest BCUT2D eigenvalue weighted by Gasteiger charge is 2.21. The fraction of sp³-hybridized carbons (Fsp3) is 0.647. The molecule has 0 spiro atoms. The van der Waals surface area contributed by atoms with Crippen molar-refractivity contribution in [1.82, 2.24) is 5.32 Å². The van der Waals surface area contributed by atoms with E-state index < -0.39 is 0 Å². The summed E-state index contributed by atoms with van der Waals surface area (Å²) in [6, 6.07) is 6.52. The van der Waals surface area contributed by atoms with Crippen LogP contribution in [0.1, 0.15) is 51.6 Å². The molecule has 20 heavy (non-hydrogen) atoms. The third kappa shape index (κ3) is 4.41. The van der Waals surface area contributed by atoms with Crippen molar-refractivity contribution in [3.05, 3.63) is 23.8 Å². The van der Waals surface area contributed by atoms with Gasteiger partial charge in [0.25, 0.3) is 0 Å². The molecule has 0 bridgehead atoms. The summed E-state index contributed by atoms with van der Waals surface area (Å²) in [5, 5.41) is 3.68. The lowest BCUT2D eigenvalue weighted by Gasteiger charge is -2.27. The fourth-order valence-corrected chi connectivity index (χ4v) is 2.63. The van der Waals surface area contributed by atoms with Crippen LogP contribution in [0.4, 0.5) is 0 Å². The maximum absolute atomic E-state index is 5.39. The molecule has 0 saturated heterocycles. The normalized spacial score (nSPS) is 12.5. The van der Waals surface area contributed by atoms with E-state index in [-0.39, 0.29) is 0 Å². The molecule has 1 aromatic rings. The maximum Gasteiger partial charge on any atom is 0.122 e. The van der Waals surface area contributed by atoms with Gasteiger partial charge >= 0.3 is 0 Å². The van der Waals surface area contributed by atoms with Gasteiger partial charge in [0.2, 0.25) is 0 Å². The van der Waals surface area contributed by atoms with Gasteiger partial charge in [-0.05, 0) is 36.6 Å². The van der Waals surface area contributed by atoms with E-state index in [0.717, 1.165) is 37.3 Å². The monoisotopic (exact) mass is 279 g/mol. The highest BCUT2D eigenvalue weighted by Crippen LogP contribution is 2.32. The molecule has 0 heterocycles. The molecule has 0 aliphatic heterocycles. The summed E-state index contributed by atoms with van der Waals surface area (Å²) in [4.78, 5) is 0. The first-order chi connectivity index (χ1) is 9.69. The second-order valence-corrected chi connectivity index (χ2v) is 5.15. The lowest BCUT2D eigenvalue weighted by atomic mass is 9.88. The molecule has 1 N–H and O–H groups in total. The average molecular weight is 279 g/mol. The third-order valence-electron chi connectivity index (χ3n) is 3.87. The fourth-order valence-electron chi connectivity index (χ4n) is 2.63. The predicted molar refractivity (Wildman–Crippen MR) is 84.7 cm³/mol. The molecule has 1 rings (SSSR count). The zero-order valence-electron chi connectivity index (χ0n) is 13.5. The van der Waals surface area contributed by atoms with Gasteiger partial charge in [-0.1, -0.05) is 33.6 Å². The Morgan fingerprint density at radius 2 is 1.50 bits per heavy atom. The smallest absolute Gasteiger partial charge is 0.122 e.